The molecule has 8 heteroatoms. The number of fused-ring (bicyclic) bond motifs is 1. The van der Waals surface area contributed by atoms with Crippen molar-refractivity contribution in [1.29, 1.82) is 0 Å². The molecular weight excluding hydrogens is 408 g/mol. The molecule has 0 unspecified atom stereocenters. The van der Waals surface area contributed by atoms with Crippen LogP contribution in [0.3, 0.4) is 0 Å². The lowest BCUT2D eigenvalue weighted by Crippen LogP contribution is -2.25. The van der Waals surface area contributed by atoms with Crippen LogP contribution < -0.4 is 15.0 Å². The summed E-state index contributed by atoms with van der Waals surface area (Å²) in [5.41, 5.74) is 2.23. The molecular formula is C22H19ClN2O5. The molecule has 1 N–H and O–H groups in total. The highest BCUT2D eigenvalue weighted by atomic mass is 35.5. The first-order valence-electron chi connectivity index (χ1n) is 9.50. The number of hydrogen-bond acceptors (Lipinski definition) is 5. The fourth-order valence-corrected chi connectivity index (χ4v) is 3.54. The molecule has 2 aliphatic rings. The van der Waals surface area contributed by atoms with Crippen LogP contribution >= 0.6 is 11.6 Å². The van der Waals surface area contributed by atoms with Crippen LogP contribution in [0.2, 0.25) is 5.02 Å². The third-order valence-corrected chi connectivity index (χ3v) is 5.03. The Morgan fingerprint density at radius 1 is 1.20 bits per heavy atom. The van der Waals surface area contributed by atoms with E-state index < -0.39 is 18.5 Å². The lowest BCUT2D eigenvalue weighted by molar-refractivity contribution is -0.143. The van der Waals surface area contributed by atoms with Gasteiger partial charge in [-0.25, -0.2) is 4.79 Å². The van der Waals surface area contributed by atoms with Gasteiger partial charge in [0.25, 0.3) is 5.91 Å². The Kier molecular flexibility index (Phi) is 5.72. The van der Waals surface area contributed by atoms with Crippen LogP contribution in [0.1, 0.15) is 18.4 Å². The number of benzene rings is 2. The molecule has 154 valence electrons. The van der Waals surface area contributed by atoms with Gasteiger partial charge in [0, 0.05) is 34.9 Å². The molecule has 30 heavy (non-hydrogen) atoms. The fraction of sp³-hybridized carbons (Fsp3) is 0.227. The number of carbonyl (C=O) groups excluding carboxylic acids is 3. The zero-order valence-electron chi connectivity index (χ0n) is 16.0. The van der Waals surface area contributed by atoms with Crippen LogP contribution in [0.15, 0.2) is 48.0 Å². The van der Waals surface area contributed by atoms with Gasteiger partial charge in [-0.3, -0.25) is 9.59 Å². The van der Waals surface area contributed by atoms with Crippen molar-refractivity contribution in [2.45, 2.75) is 12.8 Å². The first-order chi connectivity index (χ1) is 14.5. The van der Waals surface area contributed by atoms with Crippen LogP contribution in [0.5, 0.6) is 5.75 Å². The molecule has 7 nitrogen and oxygen atoms in total. The smallest absolute Gasteiger partial charge is 0.338 e. The van der Waals surface area contributed by atoms with E-state index >= 15 is 0 Å². The molecule has 1 fully saturated rings. The van der Waals surface area contributed by atoms with E-state index in [1.807, 2.05) is 6.07 Å². The topological polar surface area (TPSA) is 84.9 Å². The molecule has 0 radical (unpaired) electrons. The van der Waals surface area contributed by atoms with E-state index in [-0.39, 0.29) is 12.5 Å². The predicted molar refractivity (Wildman–Crippen MR) is 113 cm³/mol. The highest BCUT2D eigenvalue weighted by molar-refractivity contribution is 6.30. The summed E-state index contributed by atoms with van der Waals surface area (Å²) in [4.78, 5) is 38.1. The maximum atomic E-state index is 12.3. The Balaban J connectivity index is 1.34. The van der Waals surface area contributed by atoms with Crippen molar-refractivity contribution in [3.63, 3.8) is 0 Å². The van der Waals surface area contributed by atoms with Crippen molar-refractivity contribution in [1.82, 2.24) is 0 Å². The van der Waals surface area contributed by atoms with Crippen LogP contribution in [-0.2, 0) is 19.1 Å². The highest BCUT2D eigenvalue weighted by Gasteiger charge is 2.22. The van der Waals surface area contributed by atoms with Gasteiger partial charge in [-0.05, 0) is 48.9 Å². The third kappa shape index (κ3) is 4.46. The standard InChI is InChI=1S/C22H19ClN2O5/c23-16-6-7-19-14(10-16)9-15(12-29-19)22(28)30-13-20(26)24-17-3-1-4-18(11-17)25-8-2-5-21(25)27/h1,3-4,6-7,9-11H,2,5,8,12-13H2,(H,24,26). The number of esters is 1. The van der Waals surface area contributed by atoms with Gasteiger partial charge in [-0.15, -0.1) is 0 Å². The minimum atomic E-state index is -0.632. The Hall–Kier alpha value is -3.32. The van der Waals surface area contributed by atoms with E-state index in [4.69, 9.17) is 21.1 Å². The third-order valence-electron chi connectivity index (χ3n) is 4.80. The van der Waals surface area contributed by atoms with Crippen LogP contribution in [0.4, 0.5) is 11.4 Å². The number of amides is 2. The Morgan fingerprint density at radius 2 is 2.07 bits per heavy atom. The van der Waals surface area contributed by atoms with Crippen LogP contribution in [-0.4, -0.2) is 37.5 Å². The molecule has 2 aromatic carbocycles. The highest BCUT2D eigenvalue weighted by Crippen LogP contribution is 2.29. The minimum absolute atomic E-state index is 0.0565. The first kappa shape index (κ1) is 20.0. The molecule has 0 aliphatic carbocycles. The average Bonchev–Trinajstić information content (AvgIpc) is 3.17. The summed E-state index contributed by atoms with van der Waals surface area (Å²) in [6.45, 7) is 0.284. The number of anilines is 2. The van der Waals surface area contributed by atoms with Crippen LogP contribution in [0.25, 0.3) is 6.08 Å². The maximum absolute atomic E-state index is 12.3. The lowest BCUT2D eigenvalue weighted by Gasteiger charge is -2.18. The molecule has 4 rings (SSSR count). The second-order valence-corrected chi connectivity index (χ2v) is 7.40. The van der Waals surface area contributed by atoms with E-state index in [9.17, 15) is 14.4 Å². The van der Waals surface area contributed by atoms with Gasteiger partial charge in [0.15, 0.2) is 6.61 Å². The molecule has 2 aliphatic heterocycles. The molecule has 0 aromatic heterocycles. The number of hydrogen-bond donors (Lipinski definition) is 1. The van der Waals surface area contributed by atoms with E-state index in [0.29, 0.717) is 40.6 Å². The summed E-state index contributed by atoms with van der Waals surface area (Å²) in [5.74, 6) is -0.412. The van der Waals surface area contributed by atoms with Crippen LogP contribution in [0, 0.1) is 0 Å². The molecule has 0 spiro atoms. The number of nitrogens with one attached hydrogen (secondary N) is 1. The largest absolute Gasteiger partial charge is 0.488 e. The Labute approximate surface area is 178 Å². The number of nitrogens with zero attached hydrogens (tertiary/aromatic N) is 1. The number of carbonyl (C=O) groups is 3. The van der Waals surface area contributed by atoms with Crippen molar-refractivity contribution in [2.24, 2.45) is 0 Å². The Bertz CT molecular complexity index is 1050. The second kappa shape index (κ2) is 8.59. The normalized spacial score (nSPS) is 15.2. The van der Waals surface area contributed by atoms with Crippen molar-refractivity contribution in [2.75, 3.05) is 30.0 Å². The van der Waals surface area contributed by atoms with Crippen molar-refractivity contribution < 1.29 is 23.9 Å². The van der Waals surface area contributed by atoms with Gasteiger partial charge < -0.3 is 19.7 Å². The fourth-order valence-electron chi connectivity index (χ4n) is 3.36. The van der Waals surface area contributed by atoms with Gasteiger partial charge >= 0.3 is 5.97 Å². The van der Waals surface area contributed by atoms with E-state index in [0.717, 1.165) is 12.1 Å². The van der Waals surface area contributed by atoms with Gasteiger partial charge in [0.1, 0.15) is 12.4 Å². The minimum Gasteiger partial charge on any atom is -0.488 e. The summed E-state index contributed by atoms with van der Waals surface area (Å²) in [6, 6.07) is 12.1. The van der Waals surface area contributed by atoms with Gasteiger partial charge in [-0.2, -0.15) is 0 Å². The molecule has 2 amide bonds. The summed E-state index contributed by atoms with van der Waals surface area (Å²) < 4.78 is 10.6. The summed E-state index contributed by atoms with van der Waals surface area (Å²) >= 11 is 5.97. The van der Waals surface area contributed by atoms with Gasteiger partial charge in [0.2, 0.25) is 5.91 Å². The monoisotopic (exact) mass is 426 g/mol. The van der Waals surface area contributed by atoms with E-state index in [1.54, 1.807) is 47.4 Å². The maximum Gasteiger partial charge on any atom is 0.338 e. The first-order valence-corrected chi connectivity index (χ1v) is 9.88. The quantitative estimate of drug-likeness (QED) is 0.740. The predicted octanol–water partition coefficient (Wildman–Crippen LogP) is 3.42. The molecule has 2 heterocycles. The lowest BCUT2D eigenvalue weighted by atomic mass is 10.1. The molecule has 1 saturated heterocycles. The summed E-state index contributed by atoms with van der Waals surface area (Å²) in [7, 11) is 0. The summed E-state index contributed by atoms with van der Waals surface area (Å²) in [6.07, 6.45) is 2.99. The summed E-state index contributed by atoms with van der Waals surface area (Å²) in [5, 5.41) is 3.21. The van der Waals surface area contributed by atoms with E-state index in [2.05, 4.69) is 5.32 Å². The molecule has 0 saturated carbocycles. The van der Waals surface area contributed by atoms with Crippen molar-refractivity contribution in [3.8, 4) is 5.75 Å². The SMILES string of the molecule is O=C(COC(=O)C1=Cc2cc(Cl)ccc2OC1)Nc1cccc(N2CCCC2=O)c1. The zero-order chi connectivity index (χ0) is 21.1. The number of rotatable bonds is 5. The van der Waals surface area contributed by atoms with Gasteiger partial charge in [-0.1, -0.05) is 17.7 Å². The number of halogens is 1. The Morgan fingerprint density at radius 3 is 2.87 bits per heavy atom. The molecule has 0 bridgehead atoms. The number of ether oxygens (including phenoxy) is 2. The molecule has 0 atom stereocenters. The molecule has 2 aromatic rings. The zero-order valence-corrected chi connectivity index (χ0v) is 16.8. The van der Waals surface area contributed by atoms with Gasteiger partial charge in [0.05, 0.1) is 5.57 Å². The second-order valence-electron chi connectivity index (χ2n) is 6.96. The average molecular weight is 427 g/mol. The van der Waals surface area contributed by atoms with Crippen molar-refractivity contribution in [3.05, 3.63) is 58.6 Å². The van der Waals surface area contributed by atoms with E-state index in [1.165, 1.54) is 0 Å². The van der Waals surface area contributed by atoms with Crippen molar-refractivity contribution >= 4 is 46.8 Å².